The Kier molecular flexibility index (Phi) is 5.33. The summed E-state index contributed by atoms with van der Waals surface area (Å²) in [4.78, 5) is 1.13. The van der Waals surface area contributed by atoms with Crippen LogP contribution in [0.4, 0.5) is 13.2 Å². The van der Waals surface area contributed by atoms with Crippen molar-refractivity contribution < 1.29 is 18.3 Å². The van der Waals surface area contributed by atoms with Gasteiger partial charge in [-0.1, -0.05) is 19.1 Å². The molecule has 0 bridgehead atoms. The second kappa shape index (κ2) is 6.55. The van der Waals surface area contributed by atoms with Crippen molar-refractivity contribution in [2.45, 2.75) is 19.2 Å². The minimum Gasteiger partial charge on any atom is -0.387 e. The second-order valence-corrected chi connectivity index (χ2v) is 4.19. The fourth-order valence-corrected chi connectivity index (χ4v) is 1.69. The largest absolute Gasteiger partial charge is 0.401 e. The molecule has 1 unspecified atom stereocenters. The molecule has 0 spiro atoms. The van der Waals surface area contributed by atoms with Gasteiger partial charge in [0, 0.05) is 6.54 Å². The number of benzene rings is 1. The highest BCUT2D eigenvalue weighted by Crippen LogP contribution is 2.20. The molecule has 3 nitrogen and oxygen atoms in total. The minimum absolute atomic E-state index is 0.0953. The molecule has 0 aliphatic rings. The summed E-state index contributed by atoms with van der Waals surface area (Å²) in [6.45, 7) is 0.669. The summed E-state index contributed by atoms with van der Waals surface area (Å²) in [6, 6.07) is 8.08. The van der Waals surface area contributed by atoms with Gasteiger partial charge in [0.25, 0.3) is 0 Å². The van der Waals surface area contributed by atoms with Crippen LogP contribution >= 0.6 is 0 Å². The zero-order chi connectivity index (χ0) is 14.5. The van der Waals surface area contributed by atoms with Crippen molar-refractivity contribution in [2.24, 2.45) is 0 Å². The van der Waals surface area contributed by atoms with Crippen LogP contribution in [-0.2, 0) is 0 Å². The molecule has 1 atom stereocenters. The van der Waals surface area contributed by atoms with Crippen LogP contribution in [0.15, 0.2) is 24.3 Å². The Labute approximate surface area is 109 Å². The van der Waals surface area contributed by atoms with E-state index < -0.39 is 18.8 Å². The Morgan fingerprint density at radius 2 is 1.89 bits per heavy atom. The summed E-state index contributed by atoms with van der Waals surface area (Å²) < 4.78 is 36.9. The molecule has 1 aromatic carbocycles. The van der Waals surface area contributed by atoms with E-state index in [0.29, 0.717) is 11.1 Å². The van der Waals surface area contributed by atoms with Crippen molar-refractivity contribution in [1.29, 1.82) is 5.26 Å². The van der Waals surface area contributed by atoms with Crippen LogP contribution in [0.5, 0.6) is 0 Å². The van der Waals surface area contributed by atoms with E-state index in [-0.39, 0.29) is 13.1 Å². The lowest BCUT2D eigenvalue weighted by Crippen LogP contribution is -2.36. The Morgan fingerprint density at radius 3 is 2.32 bits per heavy atom. The third-order valence-corrected chi connectivity index (χ3v) is 2.71. The maximum Gasteiger partial charge on any atom is 0.401 e. The average molecular weight is 272 g/mol. The summed E-state index contributed by atoms with van der Waals surface area (Å²) in [5, 5.41) is 18.5. The second-order valence-electron chi connectivity index (χ2n) is 4.19. The van der Waals surface area contributed by atoms with Gasteiger partial charge in [0.15, 0.2) is 0 Å². The first-order chi connectivity index (χ1) is 8.85. The van der Waals surface area contributed by atoms with E-state index in [4.69, 9.17) is 5.26 Å². The summed E-state index contributed by atoms with van der Waals surface area (Å²) in [7, 11) is 0. The number of hydrogen-bond acceptors (Lipinski definition) is 3. The van der Waals surface area contributed by atoms with Crippen molar-refractivity contribution in [3.05, 3.63) is 35.4 Å². The number of nitriles is 1. The molecule has 0 aliphatic carbocycles. The Balaban J connectivity index is 2.66. The number of rotatable bonds is 5. The van der Waals surface area contributed by atoms with Crippen LogP contribution in [0.3, 0.4) is 0 Å². The number of aliphatic hydroxyl groups is 1. The van der Waals surface area contributed by atoms with Crippen molar-refractivity contribution >= 4 is 0 Å². The summed E-state index contributed by atoms with van der Waals surface area (Å²) in [6.07, 6.45) is -5.28. The molecule has 1 N–H and O–H groups in total. The normalized spacial score (nSPS) is 13.3. The van der Waals surface area contributed by atoms with E-state index in [1.54, 1.807) is 19.1 Å². The Morgan fingerprint density at radius 1 is 1.32 bits per heavy atom. The van der Waals surface area contributed by atoms with E-state index in [1.807, 2.05) is 6.07 Å². The van der Waals surface area contributed by atoms with Gasteiger partial charge in [0.2, 0.25) is 0 Å². The zero-order valence-electron chi connectivity index (χ0n) is 10.5. The van der Waals surface area contributed by atoms with Gasteiger partial charge in [0.05, 0.1) is 24.3 Å². The molecule has 19 heavy (non-hydrogen) atoms. The number of nitrogens with zero attached hydrogens (tertiary/aromatic N) is 2. The van der Waals surface area contributed by atoms with E-state index in [1.165, 1.54) is 12.1 Å². The maximum absolute atomic E-state index is 12.3. The third kappa shape index (κ3) is 5.28. The van der Waals surface area contributed by atoms with Crippen molar-refractivity contribution in [3.63, 3.8) is 0 Å². The fourth-order valence-electron chi connectivity index (χ4n) is 1.69. The molecule has 6 heteroatoms. The molecule has 0 fully saturated rings. The highest BCUT2D eigenvalue weighted by atomic mass is 19.4. The SMILES string of the molecule is CCN(CC(O)c1ccc(C#N)cc1)CC(F)(F)F. The minimum atomic E-state index is -4.28. The van der Waals surface area contributed by atoms with Gasteiger partial charge in [-0.05, 0) is 24.2 Å². The van der Waals surface area contributed by atoms with Gasteiger partial charge in [-0.2, -0.15) is 18.4 Å². The van der Waals surface area contributed by atoms with Gasteiger partial charge < -0.3 is 5.11 Å². The molecule has 0 aromatic heterocycles. The lowest BCUT2D eigenvalue weighted by molar-refractivity contribution is -0.148. The van der Waals surface area contributed by atoms with Gasteiger partial charge in [0.1, 0.15) is 0 Å². The maximum atomic E-state index is 12.3. The molecular weight excluding hydrogens is 257 g/mol. The van der Waals surface area contributed by atoms with Crippen molar-refractivity contribution in [3.8, 4) is 6.07 Å². The monoisotopic (exact) mass is 272 g/mol. The zero-order valence-corrected chi connectivity index (χ0v) is 10.5. The van der Waals surface area contributed by atoms with Gasteiger partial charge >= 0.3 is 6.18 Å². The number of alkyl halides is 3. The highest BCUT2D eigenvalue weighted by Gasteiger charge is 2.30. The Hall–Kier alpha value is -1.58. The molecule has 0 saturated heterocycles. The molecule has 0 radical (unpaired) electrons. The predicted octanol–water partition coefficient (Wildman–Crippen LogP) is 2.48. The average Bonchev–Trinajstić information content (AvgIpc) is 2.36. The third-order valence-electron chi connectivity index (χ3n) is 2.71. The molecule has 0 heterocycles. The topological polar surface area (TPSA) is 47.3 Å². The van der Waals surface area contributed by atoms with Crippen molar-refractivity contribution in [1.82, 2.24) is 4.90 Å². The molecule has 1 aromatic rings. The predicted molar refractivity (Wildman–Crippen MR) is 64.3 cm³/mol. The van der Waals surface area contributed by atoms with Crippen LogP contribution in [0.25, 0.3) is 0 Å². The van der Waals surface area contributed by atoms with Crippen LogP contribution < -0.4 is 0 Å². The lowest BCUT2D eigenvalue weighted by Gasteiger charge is -2.24. The number of halogens is 3. The molecule has 1 rings (SSSR count). The molecule has 0 aliphatic heterocycles. The van der Waals surface area contributed by atoms with Crippen LogP contribution in [0, 0.1) is 11.3 Å². The van der Waals surface area contributed by atoms with Crippen LogP contribution in [0.2, 0.25) is 0 Å². The van der Waals surface area contributed by atoms with Crippen LogP contribution in [-0.4, -0.2) is 35.8 Å². The van der Waals surface area contributed by atoms with Gasteiger partial charge in [-0.3, -0.25) is 4.90 Å². The first-order valence-electron chi connectivity index (χ1n) is 5.83. The van der Waals surface area contributed by atoms with Crippen molar-refractivity contribution in [2.75, 3.05) is 19.6 Å². The quantitative estimate of drug-likeness (QED) is 0.895. The van der Waals surface area contributed by atoms with E-state index in [9.17, 15) is 18.3 Å². The molecular formula is C13H15F3N2O. The van der Waals surface area contributed by atoms with Crippen LogP contribution in [0.1, 0.15) is 24.2 Å². The van der Waals surface area contributed by atoms with Gasteiger partial charge in [-0.15, -0.1) is 0 Å². The van der Waals surface area contributed by atoms with E-state index >= 15 is 0 Å². The fraction of sp³-hybridized carbons (Fsp3) is 0.462. The van der Waals surface area contributed by atoms with Gasteiger partial charge in [-0.25, -0.2) is 0 Å². The summed E-state index contributed by atoms with van der Waals surface area (Å²) in [5.41, 5.74) is 0.943. The first-order valence-corrected chi connectivity index (χ1v) is 5.83. The Bertz CT molecular complexity index is 437. The number of aliphatic hydroxyl groups excluding tert-OH is 1. The first kappa shape index (κ1) is 15.5. The standard InChI is InChI=1S/C13H15F3N2O/c1-2-18(9-13(14,15)16)8-12(19)11-5-3-10(7-17)4-6-11/h3-6,12,19H,2,8-9H2,1H3. The number of hydrogen-bond donors (Lipinski definition) is 1. The highest BCUT2D eigenvalue weighted by molar-refractivity contribution is 5.32. The smallest absolute Gasteiger partial charge is 0.387 e. The molecule has 0 amide bonds. The number of likely N-dealkylation sites (N-methyl/N-ethyl adjacent to an activating group) is 1. The summed E-state index contributed by atoms with van der Waals surface area (Å²) in [5.74, 6) is 0. The lowest BCUT2D eigenvalue weighted by atomic mass is 10.1. The van der Waals surface area contributed by atoms with E-state index in [2.05, 4.69) is 0 Å². The summed E-state index contributed by atoms with van der Waals surface area (Å²) >= 11 is 0. The molecule has 104 valence electrons. The van der Waals surface area contributed by atoms with E-state index in [0.717, 1.165) is 4.90 Å². The molecule has 0 saturated carbocycles.